The van der Waals surface area contributed by atoms with E-state index in [0.717, 1.165) is 46.6 Å². The Balaban J connectivity index is 2.34. The van der Waals surface area contributed by atoms with Gasteiger partial charge in [-0.25, -0.2) is 9.97 Å². The molecule has 0 aliphatic heterocycles. The van der Waals surface area contributed by atoms with Gasteiger partial charge in [-0.05, 0) is 18.9 Å². The number of hydrogen-bond acceptors (Lipinski definition) is 4. The third-order valence-electron chi connectivity index (χ3n) is 2.49. The van der Waals surface area contributed by atoms with Gasteiger partial charge in [0, 0.05) is 23.7 Å². The first kappa shape index (κ1) is 13.3. The van der Waals surface area contributed by atoms with Crippen molar-refractivity contribution in [2.24, 2.45) is 0 Å². The zero-order valence-electron chi connectivity index (χ0n) is 10.5. The Morgan fingerprint density at radius 3 is 2.72 bits per heavy atom. The van der Waals surface area contributed by atoms with E-state index in [9.17, 15) is 0 Å². The molecule has 2 heterocycles. The van der Waals surface area contributed by atoms with E-state index in [2.05, 4.69) is 29.1 Å². The number of halogens is 1. The summed E-state index contributed by atoms with van der Waals surface area (Å²) in [6, 6.07) is 3.92. The van der Waals surface area contributed by atoms with Crippen LogP contribution in [0.25, 0.3) is 10.7 Å². The van der Waals surface area contributed by atoms with Crippen LogP contribution >= 0.6 is 22.9 Å². The van der Waals surface area contributed by atoms with Gasteiger partial charge in [0.1, 0.15) is 5.82 Å². The lowest BCUT2D eigenvalue weighted by Gasteiger charge is -2.07. The molecular formula is C13H16ClN3S. The Kier molecular flexibility index (Phi) is 4.55. The molecule has 0 saturated carbocycles. The van der Waals surface area contributed by atoms with Gasteiger partial charge >= 0.3 is 0 Å². The molecule has 2 aromatic rings. The first-order valence-electron chi connectivity index (χ1n) is 6.09. The van der Waals surface area contributed by atoms with Gasteiger partial charge in [-0.3, -0.25) is 0 Å². The Hall–Kier alpha value is -1.13. The average molecular weight is 282 g/mol. The quantitative estimate of drug-likeness (QED) is 0.891. The highest BCUT2D eigenvalue weighted by molar-refractivity contribution is 7.14. The van der Waals surface area contributed by atoms with E-state index >= 15 is 0 Å². The number of thiophene rings is 1. The van der Waals surface area contributed by atoms with Gasteiger partial charge in [-0.15, -0.1) is 11.3 Å². The van der Waals surface area contributed by atoms with Gasteiger partial charge in [0.2, 0.25) is 0 Å². The maximum Gasteiger partial charge on any atom is 0.171 e. The van der Waals surface area contributed by atoms with Crippen LogP contribution in [0, 0.1) is 0 Å². The maximum absolute atomic E-state index is 5.95. The molecule has 0 atom stereocenters. The third-order valence-corrected chi connectivity index (χ3v) is 3.76. The van der Waals surface area contributed by atoms with Crippen molar-refractivity contribution in [1.29, 1.82) is 0 Å². The number of aryl methyl sites for hydroxylation is 1. The number of aromatic nitrogens is 2. The first-order chi connectivity index (χ1) is 8.72. The summed E-state index contributed by atoms with van der Waals surface area (Å²) < 4.78 is 0. The minimum absolute atomic E-state index is 0.739. The van der Waals surface area contributed by atoms with Crippen molar-refractivity contribution in [3.8, 4) is 10.7 Å². The van der Waals surface area contributed by atoms with Gasteiger partial charge in [-0.1, -0.05) is 25.4 Å². The van der Waals surface area contributed by atoms with Crippen molar-refractivity contribution in [3.05, 3.63) is 28.2 Å². The number of nitrogens with one attached hydrogen (secondary N) is 1. The molecule has 96 valence electrons. The Bertz CT molecular complexity index is 525. The molecule has 0 saturated heterocycles. The lowest BCUT2D eigenvalue weighted by molar-refractivity contribution is 0.952. The van der Waals surface area contributed by atoms with Crippen molar-refractivity contribution in [2.45, 2.75) is 26.7 Å². The van der Waals surface area contributed by atoms with Gasteiger partial charge in [0.05, 0.1) is 9.90 Å². The molecule has 0 aromatic carbocycles. The van der Waals surface area contributed by atoms with E-state index in [-0.39, 0.29) is 0 Å². The van der Waals surface area contributed by atoms with Gasteiger partial charge in [0.15, 0.2) is 5.82 Å². The molecule has 0 aliphatic carbocycles. The summed E-state index contributed by atoms with van der Waals surface area (Å²) in [7, 11) is 0. The van der Waals surface area contributed by atoms with Crippen LogP contribution in [0.5, 0.6) is 0 Å². The molecule has 0 spiro atoms. The lowest BCUT2D eigenvalue weighted by Crippen LogP contribution is -2.05. The van der Waals surface area contributed by atoms with Crippen molar-refractivity contribution in [3.63, 3.8) is 0 Å². The summed E-state index contributed by atoms with van der Waals surface area (Å²) in [5.74, 6) is 1.65. The van der Waals surface area contributed by atoms with Crippen LogP contribution in [0.2, 0.25) is 5.02 Å². The fourth-order valence-corrected chi connectivity index (χ4v) is 2.57. The van der Waals surface area contributed by atoms with E-state index in [1.807, 2.05) is 17.5 Å². The van der Waals surface area contributed by atoms with Crippen LogP contribution in [0.15, 0.2) is 17.5 Å². The zero-order chi connectivity index (χ0) is 13.0. The number of anilines is 1. The molecule has 0 amide bonds. The summed E-state index contributed by atoms with van der Waals surface area (Å²) in [5.41, 5.74) is 1.04. The molecule has 0 radical (unpaired) electrons. The smallest absolute Gasteiger partial charge is 0.171 e. The largest absolute Gasteiger partial charge is 0.370 e. The van der Waals surface area contributed by atoms with Crippen molar-refractivity contribution in [1.82, 2.24) is 9.97 Å². The second kappa shape index (κ2) is 6.16. The predicted octanol–water partition coefficient (Wildman–Crippen LogP) is 4.24. The van der Waals surface area contributed by atoms with Crippen molar-refractivity contribution >= 4 is 28.8 Å². The SMILES string of the molecule is CCCNc1cc(CC)nc(-c2cc(Cl)cs2)n1. The van der Waals surface area contributed by atoms with E-state index in [0.29, 0.717) is 0 Å². The highest BCUT2D eigenvalue weighted by atomic mass is 35.5. The monoisotopic (exact) mass is 281 g/mol. The molecule has 1 N–H and O–H groups in total. The molecule has 3 nitrogen and oxygen atoms in total. The van der Waals surface area contributed by atoms with Crippen LogP contribution < -0.4 is 5.32 Å². The molecular weight excluding hydrogens is 266 g/mol. The van der Waals surface area contributed by atoms with Crippen LogP contribution in [0.3, 0.4) is 0 Å². The van der Waals surface area contributed by atoms with Crippen molar-refractivity contribution in [2.75, 3.05) is 11.9 Å². The second-order valence-electron chi connectivity index (χ2n) is 3.98. The Morgan fingerprint density at radius 2 is 2.11 bits per heavy atom. The summed E-state index contributed by atoms with van der Waals surface area (Å²) >= 11 is 7.52. The van der Waals surface area contributed by atoms with Crippen molar-refractivity contribution < 1.29 is 0 Å². The fourth-order valence-electron chi connectivity index (χ4n) is 1.56. The van der Waals surface area contributed by atoms with Gasteiger partial charge in [-0.2, -0.15) is 0 Å². The van der Waals surface area contributed by atoms with Crippen LogP contribution in [0.4, 0.5) is 5.82 Å². The third kappa shape index (κ3) is 3.21. The Morgan fingerprint density at radius 1 is 1.28 bits per heavy atom. The number of nitrogens with zero attached hydrogens (tertiary/aromatic N) is 2. The number of rotatable bonds is 5. The minimum atomic E-state index is 0.739. The molecule has 2 aromatic heterocycles. The summed E-state index contributed by atoms with van der Waals surface area (Å²) in [4.78, 5) is 10.1. The molecule has 0 fully saturated rings. The number of hydrogen-bond donors (Lipinski definition) is 1. The fraction of sp³-hybridized carbons (Fsp3) is 0.385. The Labute approximate surface area is 116 Å². The summed E-state index contributed by atoms with van der Waals surface area (Å²) in [6.45, 7) is 5.15. The first-order valence-corrected chi connectivity index (χ1v) is 7.35. The zero-order valence-corrected chi connectivity index (χ0v) is 12.1. The molecule has 2 rings (SSSR count). The normalized spacial score (nSPS) is 10.6. The van der Waals surface area contributed by atoms with E-state index in [1.54, 1.807) is 11.3 Å². The van der Waals surface area contributed by atoms with Gasteiger partial charge < -0.3 is 5.32 Å². The lowest BCUT2D eigenvalue weighted by atomic mass is 10.3. The molecule has 0 unspecified atom stereocenters. The second-order valence-corrected chi connectivity index (χ2v) is 5.33. The highest BCUT2D eigenvalue weighted by Gasteiger charge is 2.08. The minimum Gasteiger partial charge on any atom is -0.370 e. The molecule has 5 heteroatoms. The maximum atomic E-state index is 5.95. The molecule has 0 aliphatic rings. The van der Waals surface area contributed by atoms with Crippen LogP contribution in [-0.2, 0) is 6.42 Å². The van der Waals surface area contributed by atoms with Crippen LogP contribution in [0.1, 0.15) is 26.0 Å². The highest BCUT2D eigenvalue weighted by Crippen LogP contribution is 2.28. The summed E-state index contributed by atoms with van der Waals surface area (Å²) in [6.07, 6.45) is 1.97. The topological polar surface area (TPSA) is 37.8 Å². The van der Waals surface area contributed by atoms with E-state index < -0.39 is 0 Å². The average Bonchev–Trinajstić information content (AvgIpc) is 2.82. The van der Waals surface area contributed by atoms with E-state index in [1.165, 1.54) is 0 Å². The predicted molar refractivity (Wildman–Crippen MR) is 78.5 cm³/mol. The van der Waals surface area contributed by atoms with Gasteiger partial charge in [0.25, 0.3) is 0 Å². The van der Waals surface area contributed by atoms with E-state index in [4.69, 9.17) is 11.6 Å². The molecule has 0 bridgehead atoms. The van der Waals surface area contributed by atoms with Crippen LogP contribution in [-0.4, -0.2) is 16.5 Å². The summed E-state index contributed by atoms with van der Waals surface area (Å²) in [5, 5.41) is 5.95. The molecule has 18 heavy (non-hydrogen) atoms. The standard InChI is InChI=1S/C13H16ClN3S/c1-3-5-15-12-7-10(4-2)16-13(17-12)11-6-9(14)8-18-11/h6-8H,3-5H2,1-2H3,(H,15,16,17).